The number of hydrogen-bond donors (Lipinski definition) is 2. The molecule has 0 heterocycles. The van der Waals surface area contributed by atoms with Crippen LogP contribution in [0.3, 0.4) is 0 Å². The third-order valence-corrected chi connectivity index (χ3v) is 3.17. The van der Waals surface area contributed by atoms with Crippen molar-refractivity contribution in [1.29, 1.82) is 0 Å². The molecule has 0 atom stereocenters. The molecule has 1 aromatic rings. The van der Waals surface area contributed by atoms with Crippen molar-refractivity contribution in [3.05, 3.63) is 29.8 Å². The molecule has 0 bridgehead atoms. The van der Waals surface area contributed by atoms with Gasteiger partial charge in [0.15, 0.2) is 0 Å². The van der Waals surface area contributed by atoms with Crippen molar-refractivity contribution in [3.63, 3.8) is 0 Å². The molecule has 112 valence electrons. The fourth-order valence-corrected chi connectivity index (χ4v) is 1.92. The molecule has 3 heteroatoms. The van der Waals surface area contributed by atoms with E-state index in [-0.39, 0.29) is 11.3 Å². The molecule has 0 aliphatic heterocycles. The van der Waals surface area contributed by atoms with Gasteiger partial charge in [0, 0.05) is 18.2 Å². The number of rotatable bonds is 6. The molecule has 0 unspecified atom stereocenters. The number of nitrogens with one attached hydrogen (secondary N) is 2. The zero-order chi connectivity index (χ0) is 15.2. The van der Waals surface area contributed by atoms with Crippen molar-refractivity contribution >= 4 is 11.6 Å². The normalized spacial score (nSPS) is 11.7. The average molecular weight is 276 g/mol. The highest BCUT2D eigenvalue weighted by molar-refractivity contribution is 5.90. The first kappa shape index (κ1) is 16.7. The lowest BCUT2D eigenvalue weighted by atomic mass is 9.87. The van der Waals surface area contributed by atoms with Crippen LogP contribution < -0.4 is 10.6 Å². The number of carbonyl (C=O) groups excluding carboxylic acids is 1. The molecule has 0 fully saturated rings. The Labute approximate surface area is 123 Å². The van der Waals surface area contributed by atoms with Gasteiger partial charge in [-0.15, -0.1) is 0 Å². The molecule has 0 radical (unpaired) electrons. The van der Waals surface area contributed by atoms with Gasteiger partial charge in [-0.05, 0) is 36.1 Å². The van der Waals surface area contributed by atoms with Gasteiger partial charge in [-0.1, -0.05) is 46.8 Å². The zero-order valence-corrected chi connectivity index (χ0v) is 13.4. The molecule has 0 aromatic heterocycles. The van der Waals surface area contributed by atoms with E-state index in [1.54, 1.807) is 0 Å². The van der Waals surface area contributed by atoms with Crippen molar-refractivity contribution in [3.8, 4) is 0 Å². The highest BCUT2D eigenvalue weighted by atomic mass is 16.1. The van der Waals surface area contributed by atoms with E-state index in [0.29, 0.717) is 12.5 Å². The number of benzene rings is 1. The van der Waals surface area contributed by atoms with Gasteiger partial charge >= 0.3 is 0 Å². The van der Waals surface area contributed by atoms with Crippen LogP contribution >= 0.6 is 0 Å². The van der Waals surface area contributed by atoms with E-state index in [1.165, 1.54) is 5.56 Å². The quantitative estimate of drug-likeness (QED) is 0.778. The zero-order valence-electron chi connectivity index (χ0n) is 13.4. The van der Waals surface area contributed by atoms with Crippen LogP contribution in [0, 0.1) is 0 Å². The SMILES string of the molecule is CC(C)NCCCC(=O)Nc1ccc(C(C)(C)C)cc1. The Bertz CT molecular complexity index is 416. The van der Waals surface area contributed by atoms with Gasteiger partial charge in [-0.25, -0.2) is 0 Å². The molecule has 0 aliphatic rings. The first-order valence-corrected chi connectivity index (χ1v) is 7.43. The Kier molecular flexibility index (Phi) is 6.21. The summed E-state index contributed by atoms with van der Waals surface area (Å²) in [6, 6.07) is 8.59. The molecule has 0 saturated carbocycles. The molecule has 1 aromatic carbocycles. The maximum atomic E-state index is 11.8. The monoisotopic (exact) mass is 276 g/mol. The minimum atomic E-state index is 0.0825. The van der Waals surface area contributed by atoms with Crippen LogP contribution in [0.15, 0.2) is 24.3 Å². The highest BCUT2D eigenvalue weighted by Gasteiger charge is 2.13. The molecule has 0 saturated heterocycles. The number of carbonyl (C=O) groups is 1. The lowest BCUT2D eigenvalue weighted by Gasteiger charge is -2.19. The van der Waals surface area contributed by atoms with Crippen molar-refractivity contribution in [2.24, 2.45) is 0 Å². The third-order valence-electron chi connectivity index (χ3n) is 3.17. The Morgan fingerprint density at radius 1 is 1.15 bits per heavy atom. The topological polar surface area (TPSA) is 41.1 Å². The van der Waals surface area contributed by atoms with Gasteiger partial charge in [0.1, 0.15) is 0 Å². The Hall–Kier alpha value is -1.35. The van der Waals surface area contributed by atoms with Crippen LogP contribution in [0.4, 0.5) is 5.69 Å². The minimum absolute atomic E-state index is 0.0825. The molecule has 1 amide bonds. The summed E-state index contributed by atoms with van der Waals surface area (Å²) in [6.45, 7) is 11.6. The van der Waals surface area contributed by atoms with E-state index < -0.39 is 0 Å². The van der Waals surface area contributed by atoms with Crippen molar-refractivity contribution in [1.82, 2.24) is 5.32 Å². The van der Waals surface area contributed by atoms with E-state index in [2.05, 4.69) is 57.4 Å². The molecule has 3 nitrogen and oxygen atoms in total. The van der Waals surface area contributed by atoms with Gasteiger partial charge < -0.3 is 10.6 Å². The van der Waals surface area contributed by atoms with Crippen LogP contribution in [0.2, 0.25) is 0 Å². The molecule has 0 aliphatic carbocycles. The molecule has 2 N–H and O–H groups in total. The van der Waals surface area contributed by atoms with Crippen LogP contribution in [-0.2, 0) is 10.2 Å². The van der Waals surface area contributed by atoms with Gasteiger partial charge in [0.25, 0.3) is 0 Å². The lowest BCUT2D eigenvalue weighted by Crippen LogP contribution is -2.24. The molecule has 0 spiro atoms. The summed E-state index contributed by atoms with van der Waals surface area (Å²) in [4.78, 5) is 11.8. The molecular weight excluding hydrogens is 248 g/mol. The fourth-order valence-electron chi connectivity index (χ4n) is 1.92. The summed E-state index contributed by atoms with van der Waals surface area (Å²) in [5.74, 6) is 0.0825. The highest BCUT2D eigenvalue weighted by Crippen LogP contribution is 2.23. The molecule has 20 heavy (non-hydrogen) atoms. The first-order chi connectivity index (χ1) is 9.29. The number of amides is 1. The maximum absolute atomic E-state index is 11.8. The molecular formula is C17H28N2O. The van der Waals surface area contributed by atoms with E-state index in [1.807, 2.05) is 12.1 Å². The summed E-state index contributed by atoms with van der Waals surface area (Å²) in [5, 5.41) is 6.25. The second kappa shape index (κ2) is 7.44. The minimum Gasteiger partial charge on any atom is -0.326 e. The summed E-state index contributed by atoms with van der Waals surface area (Å²) < 4.78 is 0. The van der Waals surface area contributed by atoms with E-state index in [0.717, 1.165) is 18.7 Å². The van der Waals surface area contributed by atoms with Gasteiger partial charge in [-0.3, -0.25) is 4.79 Å². The van der Waals surface area contributed by atoms with Crippen molar-refractivity contribution in [2.75, 3.05) is 11.9 Å². The summed E-state index contributed by atoms with van der Waals surface area (Å²) in [7, 11) is 0. The summed E-state index contributed by atoms with van der Waals surface area (Å²) in [5.41, 5.74) is 2.29. The average Bonchev–Trinajstić information content (AvgIpc) is 2.34. The van der Waals surface area contributed by atoms with Gasteiger partial charge in [-0.2, -0.15) is 0 Å². The lowest BCUT2D eigenvalue weighted by molar-refractivity contribution is -0.116. The van der Waals surface area contributed by atoms with E-state index >= 15 is 0 Å². The van der Waals surface area contributed by atoms with Gasteiger partial charge in [0.05, 0.1) is 0 Å². The third kappa shape index (κ3) is 6.20. The Morgan fingerprint density at radius 3 is 2.25 bits per heavy atom. The van der Waals surface area contributed by atoms with Crippen molar-refractivity contribution in [2.45, 2.75) is 58.9 Å². The summed E-state index contributed by atoms with van der Waals surface area (Å²) >= 11 is 0. The Morgan fingerprint density at radius 2 is 1.75 bits per heavy atom. The number of anilines is 1. The van der Waals surface area contributed by atoms with Crippen LogP contribution in [-0.4, -0.2) is 18.5 Å². The van der Waals surface area contributed by atoms with Crippen LogP contribution in [0.25, 0.3) is 0 Å². The van der Waals surface area contributed by atoms with Crippen LogP contribution in [0.1, 0.15) is 53.0 Å². The smallest absolute Gasteiger partial charge is 0.224 e. The predicted octanol–water partition coefficient (Wildman–Crippen LogP) is 3.70. The predicted molar refractivity (Wildman–Crippen MR) is 86.1 cm³/mol. The largest absolute Gasteiger partial charge is 0.326 e. The fraction of sp³-hybridized carbons (Fsp3) is 0.588. The number of hydrogen-bond acceptors (Lipinski definition) is 2. The van der Waals surface area contributed by atoms with E-state index in [9.17, 15) is 4.79 Å². The van der Waals surface area contributed by atoms with Gasteiger partial charge in [0.2, 0.25) is 5.91 Å². The summed E-state index contributed by atoms with van der Waals surface area (Å²) in [6.07, 6.45) is 1.42. The van der Waals surface area contributed by atoms with E-state index in [4.69, 9.17) is 0 Å². The standard InChI is InChI=1S/C17H28N2O/c1-13(2)18-12-6-7-16(20)19-15-10-8-14(9-11-15)17(3,4)5/h8-11,13,18H,6-7,12H2,1-5H3,(H,19,20). The Balaban J connectivity index is 2.39. The second-order valence-corrected chi connectivity index (χ2v) is 6.59. The maximum Gasteiger partial charge on any atom is 0.224 e. The van der Waals surface area contributed by atoms with Crippen molar-refractivity contribution < 1.29 is 4.79 Å². The second-order valence-electron chi connectivity index (χ2n) is 6.59. The molecule has 1 rings (SSSR count). The van der Waals surface area contributed by atoms with Crippen LogP contribution in [0.5, 0.6) is 0 Å². The first-order valence-electron chi connectivity index (χ1n) is 7.43.